The van der Waals surface area contributed by atoms with Gasteiger partial charge in [-0.2, -0.15) is 0 Å². The Morgan fingerprint density at radius 2 is 1.90 bits per heavy atom. The van der Waals surface area contributed by atoms with Crippen LogP contribution in [-0.4, -0.2) is 59.9 Å². The van der Waals surface area contributed by atoms with Crippen molar-refractivity contribution in [2.24, 2.45) is 0 Å². The highest BCUT2D eigenvalue weighted by Crippen LogP contribution is 2.20. The van der Waals surface area contributed by atoms with Crippen molar-refractivity contribution in [1.29, 1.82) is 0 Å². The van der Waals surface area contributed by atoms with E-state index >= 15 is 0 Å². The Bertz CT molecular complexity index is 1000. The molecule has 0 fully saturated rings. The van der Waals surface area contributed by atoms with Crippen molar-refractivity contribution in [2.75, 3.05) is 32.6 Å². The van der Waals surface area contributed by atoms with E-state index < -0.39 is 12.1 Å². The van der Waals surface area contributed by atoms with Crippen LogP contribution in [0, 0.1) is 0 Å². The fourth-order valence-corrected chi connectivity index (χ4v) is 2.86. The summed E-state index contributed by atoms with van der Waals surface area (Å²) < 4.78 is 7.33. The summed E-state index contributed by atoms with van der Waals surface area (Å²) in [5.74, 6) is 0.664. The summed E-state index contributed by atoms with van der Waals surface area (Å²) in [5, 5.41) is 16.3. The number of anilines is 1. The van der Waals surface area contributed by atoms with E-state index in [0.717, 1.165) is 10.9 Å². The lowest BCUT2D eigenvalue weighted by Crippen LogP contribution is -2.37. The highest BCUT2D eigenvalue weighted by atomic mass is 16.5. The Kier molecular flexibility index (Phi) is 6.92. The summed E-state index contributed by atoms with van der Waals surface area (Å²) in [6.07, 6.45) is 1.01. The first-order valence-corrected chi connectivity index (χ1v) is 9.62. The molecule has 0 aliphatic heterocycles. The normalized spacial score (nSPS) is 11.7. The Morgan fingerprint density at radius 3 is 2.63 bits per heavy atom. The average molecular weight is 410 g/mol. The summed E-state index contributed by atoms with van der Waals surface area (Å²) in [6, 6.07) is 16.1. The van der Waals surface area contributed by atoms with Crippen molar-refractivity contribution in [3.05, 3.63) is 60.8 Å². The topological polar surface area (TPSA) is 95.8 Å². The van der Waals surface area contributed by atoms with Gasteiger partial charge >= 0.3 is 6.03 Å². The Morgan fingerprint density at radius 1 is 1.13 bits per heavy atom. The number of ether oxygens (including phenoxy) is 1. The zero-order valence-corrected chi connectivity index (χ0v) is 17.0. The van der Waals surface area contributed by atoms with Gasteiger partial charge in [-0.1, -0.05) is 18.2 Å². The number of hydrogen-bond acceptors (Lipinski definition) is 4. The zero-order chi connectivity index (χ0) is 21.5. The molecule has 0 radical (unpaired) electrons. The molecule has 0 spiro atoms. The highest BCUT2D eigenvalue weighted by Gasteiger charge is 2.11. The van der Waals surface area contributed by atoms with Crippen LogP contribution in [0.4, 0.5) is 10.5 Å². The minimum atomic E-state index is -0.832. The molecule has 0 saturated heterocycles. The van der Waals surface area contributed by atoms with Crippen LogP contribution in [0.25, 0.3) is 10.9 Å². The second-order valence-electron chi connectivity index (χ2n) is 7.12. The first-order chi connectivity index (χ1) is 14.4. The largest absolute Gasteiger partial charge is 0.491 e. The third-order valence-electron chi connectivity index (χ3n) is 4.52. The molecule has 158 valence electrons. The summed E-state index contributed by atoms with van der Waals surface area (Å²) in [6.45, 7) is 0.395. The number of rotatable bonds is 8. The fraction of sp³-hybridized carbons (Fsp3) is 0.273. The average Bonchev–Trinajstić information content (AvgIpc) is 3.13. The number of benzene rings is 2. The maximum Gasteiger partial charge on any atom is 0.319 e. The van der Waals surface area contributed by atoms with Crippen LogP contribution in [-0.2, 0) is 11.3 Å². The van der Waals surface area contributed by atoms with Crippen molar-refractivity contribution < 1.29 is 19.4 Å². The lowest BCUT2D eigenvalue weighted by molar-refractivity contribution is -0.129. The van der Waals surface area contributed by atoms with Crippen LogP contribution in [0.5, 0.6) is 5.75 Å². The van der Waals surface area contributed by atoms with Gasteiger partial charge in [0.1, 0.15) is 25.0 Å². The molecule has 0 aliphatic carbocycles. The van der Waals surface area contributed by atoms with Crippen LogP contribution < -0.4 is 15.4 Å². The van der Waals surface area contributed by atoms with Crippen LogP contribution in [0.1, 0.15) is 0 Å². The molecule has 3 amide bonds. The van der Waals surface area contributed by atoms with Crippen molar-refractivity contribution >= 4 is 28.5 Å². The molecule has 0 bridgehead atoms. The maximum absolute atomic E-state index is 12.1. The number of amides is 3. The third kappa shape index (κ3) is 5.74. The third-order valence-corrected chi connectivity index (χ3v) is 4.52. The van der Waals surface area contributed by atoms with Gasteiger partial charge in [-0.3, -0.25) is 4.79 Å². The van der Waals surface area contributed by atoms with E-state index in [1.54, 1.807) is 37.2 Å². The van der Waals surface area contributed by atoms with Gasteiger partial charge in [-0.05, 0) is 36.4 Å². The second-order valence-corrected chi connectivity index (χ2v) is 7.12. The first-order valence-electron chi connectivity index (χ1n) is 9.62. The van der Waals surface area contributed by atoms with Crippen molar-refractivity contribution in [3.63, 3.8) is 0 Å². The molecule has 0 aliphatic rings. The summed E-state index contributed by atoms with van der Waals surface area (Å²) in [7, 11) is 3.44. The molecular formula is C22H26N4O4. The number of aliphatic hydroxyl groups is 1. The molecule has 3 rings (SSSR count). The predicted octanol–water partition coefficient (Wildman–Crippen LogP) is 2.29. The van der Waals surface area contributed by atoms with Crippen LogP contribution >= 0.6 is 0 Å². The minimum Gasteiger partial charge on any atom is -0.491 e. The molecule has 1 atom stereocenters. The van der Waals surface area contributed by atoms with Gasteiger partial charge in [0.2, 0.25) is 5.91 Å². The standard InChI is InChI=1S/C22H26N4O4/c1-25(2)21(28)14-26-11-10-16-12-17(8-9-20(16)26)24-22(29)23-13-18(27)15-30-19-6-4-3-5-7-19/h3-12,18,27H,13-15H2,1-2H3,(H2,23,24,29). The van der Waals surface area contributed by atoms with Gasteiger partial charge in [0, 0.05) is 43.4 Å². The van der Waals surface area contributed by atoms with E-state index in [1.807, 2.05) is 47.2 Å². The molecule has 1 unspecified atom stereocenters. The van der Waals surface area contributed by atoms with Crippen molar-refractivity contribution in [3.8, 4) is 5.75 Å². The molecule has 8 nitrogen and oxygen atoms in total. The molecule has 3 aromatic rings. The van der Waals surface area contributed by atoms with Gasteiger partial charge in [0.25, 0.3) is 0 Å². The molecule has 30 heavy (non-hydrogen) atoms. The van der Waals surface area contributed by atoms with Crippen LogP contribution in [0.3, 0.4) is 0 Å². The number of carbonyl (C=O) groups is 2. The van der Waals surface area contributed by atoms with E-state index in [-0.39, 0.29) is 25.6 Å². The molecular weight excluding hydrogens is 384 g/mol. The SMILES string of the molecule is CN(C)C(=O)Cn1ccc2cc(NC(=O)NCC(O)COc3ccccc3)ccc21. The molecule has 2 aromatic carbocycles. The number of likely N-dealkylation sites (N-methyl/N-ethyl adjacent to an activating group) is 1. The monoisotopic (exact) mass is 410 g/mol. The van der Waals surface area contributed by atoms with Crippen LogP contribution in [0.2, 0.25) is 0 Å². The van der Waals surface area contributed by atoms with E-state index in [9.17, 15) is 14.7 Å². The zero-order valence-electron chi connectivity index (χ0n) is 17.0. The fourth-order valence-electron chi connectivity index (χ4n) is 2.86. The van der Waals surface area contributed by atoms with E-state index in [4.69, 9.17) is 4.74 Å². The number of hydrogen-bond donors (Lipinski definition) is 3. The number of fused-ring (bicyclic) bond motifs is 1. The number of aliphatic hydroxyl groups excluding tert-OH is 1. The van der Waals surface area contributed by atoms with Gasteiger partial charge in [-0.25, -0.2) is 4.79 Å². The van der Waals surface area contributed by atoms with Gasteiger partial charge < -0.3 is 29.9 Å². The number of carbonyl (C=O) groups excluding carboxylic acids is 2. The Hall–Kier alpha value is -3.52. The van der Waals surface area contributed by atoms with Crippen molar-refractivity contribution in [2.45, 2.75) is 12.6 Å². The van der Waals surface area contributed by atoms with E-state index in [2.05, 4.69) is 10.6 Å². The molecule has 1 aromatic heterocycles. The summed E-state index contributed by atoms with van der Waals surface area (Å²) in [4.78, 5) is 25.6. The highest BCUT2D eigenvalue weighted by molar-refractivity contribution is 5.93. The summed E-state index contributed by atoms with van der Waals surface area (Å²) >= 11 is 0. The quantitative estimate of drug-likeness (QED) is 0.531. The Balaban J connectivity index is 1.49. The maximum atomic E-state index is 12.1. The first kappa shape index (κ1) is 21.2. The smallest absolute Gasteiger partial charge is 0.319 e. The van der Waals surface area contributed by atoms with Crippen LogP contribution in [0.15, 0.2) is 60.8 Å². The lowest BCUT2D eigenvalue weighted by Gasteiger charge is -2.14. The Labute approximate surface area is 175 Å². The predicted molar refractivity (Wildman–Crippen MR) is 116 cm³/mol. The molecule has 8 heteroatoms. The van der Waals surface area contributed by atoms with E-state index in [1.165, 1.54) is 0 Å². The minimum absolute atomic E-state index is 0.00359. The van der Waals surface area contributed by atoms with E-state index in [0.29, 0.717) is 11.4 Å². The number of nitrogens with one attached hydrogen (secondary N) is 2. The number of nitrogens with zero attached hydrogens (tertiary/aromatic N) is 2. The number of aromatic nitrogens is 1. The van der Waals surface area contributed by atoms with Gasteiger partial charge in [0.05, 0.1) is 0 Å². The van der Waals surface area contributed by atoms with Gasteiger partial charge in [0.15, 0.2) is 0 Å². The molecule has 0 saturated carbocycles. The lowest BCUT2D eigenvalue weighted by atomic mass is 10.2. The number of urea groups is 1. The molecule has 3 N–H and O–H groups in total. The number of para-hydroxylation sites is 1. The van der Waals surface area contributed by atoms with Crippen molar-refractivity contribution in [1.82, 2.24) is 14.8 Å². The van der Waals surface area contributed by atoms with Gasteiger partial charge in [-0.15, -0.1) is 0 Å². The summed E-state index contributed by atoms with van der Waals surface area (Å²) in [5.41, 5.74) is 1.52. The second kappa shape index (κ2) is 9.80. The molecule has 1 heterocycles.